The molecular weight excluding hydrogens is 315 g/mol. The largest absolute Gasteiger partial charge is 0.339 e. The molecule has 0 aliphatic rings. The molecule has 0 fully saturated rings. The number of thiophene rings is 1. The molecule has 3 nitrogen and oxygen atoms in total. The maximum atomic E-state index is 12.3. The number of hydrogen-bond acceptors (Lipinski definition) is 2. The average Bonchev–Trinajstić information content (AvgIpc) is 2.97. The number of nitrogens with one attached hydrogen (secondary N) is 1. The highest BCUT2D eigenvalue weighted by atomic mass is 35.5. The van der Waals surface area contributed by atoms with E-state index in [1.165, 1.54) is 0 Å². The molecule has 0 atom stereocenters. The molecule has 0 saturated heterocycles. The molecule has 3 aromatic rings. The van der Waals surface area contributed by atoms with Crippen molar-refractivity contribution in [2.75, 3.05) is 5.32 Å². The van der Waals surface area contributed by atoms with E-state index in [1.807, 2.05) is 29.1 Å². The summed E-state index contributed by atoms with van der Waals surface area (Å²) in [5.74, 6) is -0.208. The Kier molecular flexibility index (Phi) is 3.46. The zero-order chi connectivity index (χ0) is 14.3. The van der Waals surface area contributed by atoms with Crippen molar-refractivity contribution in [2.24, 2.45) is 7.05 Å². The molecule has 20 heavy (non-hydrogen) atoms. The number of carbonyl (C=O) groups excluding carboxylic acids is 1. The van der Waals surface area contributed by atoms with Crippen LogP contribution in [-0.2, 0) is 7.05 Å². The van der Waals surface area contributed by atoms with Gasteiger partial charge in [0.15, 0.2) is 0 Å². The first kappa shape index (κ1) is 13.5. The Balaban J connectivity index is 1.94. The molecule has 0 spiro atoms. The van der Waals surface area contributed by atoms with Crippen LogP contribution in [0, 0.1) is 0 Å². The van der Waals surface area contributed by atoms with Crippen LogP contribution in [0.5, 0.6) is 0 Å². The third-order valence-corrected chi connectivity index (χ3v) is 4.49. The first-order chi connectivity index (χ1) is 9.56. The number of aryl methyl sites for hydroxylation is 1. The minimum absolute atomic E-state index is 0.208. The van der Waals surface area contributed by atoms with Gasteiger partial charge in [0.1, 0.15) is 5.69 Å². The zero-order valence-electron chi connectivity index (χ0n) is 10.5. The lowest BCUT2D eigenvalue weighted by Crippen LogP contribution is -2.15. The number of nitrogens with zero attached hydrogens (tertiary/aromatic N) is 1. The first-order valence-corrected chi connectivity index (χ1v) is 7.49. The van der Waals surface area contributed by atoms with Crippen molar-refractivity contribution in [3.05, 3.63) is 51.5 Å². The van der Waals surface area contributed by atoms with Gasteiger partial charge in [0.2, 0.25) is 0 Å². The number of aromatic nitrogens is 1. The molecule has 1 N–H and O–H groups in total. The fourth-order valence-corrected chi connectivity index (χ4v) is 3.23. The van der Waals surface area contributed by atoms with E-state index in [1.54, 1.807) is 29.5 Å². The molecule has 0 bridgehead atoms. The number of anilines is 1. The summed E-state index contributed by atoms with van der Waals surface area (Å²) in [7, 11) is 1.86. The second-order valence-corrected chi connectivity index (χ2v) is 6.13. The average molecular weight is 325 g/mol. The maximum absolute atomic E-state index is 12.3. The van der Waals surface area contributed by atoms with Crippen LogP contribution in [0.1, 0.15) is 10.5 Å². The SMILES string of the molecule is Cn1c(C(=O)Nc2cc(Cl)ccc2Cl)cc2sccc21. The highest BCUT2D eigenvalue weighted by Crippen LogP contribution is 2.28. The van der Waals surface area contributed by atoms with Crippen LogP contribution in [-0.4, -0.2) is 10.5 Å². The Morgan fingerprint density at radius 1 is 1.25 bits per heavy atom. The van der Waals surface area contributed by atoms with Crippen LogP contribution >= 0.6 is 34.5 Å². The van der Waals surface area contributed by atoms with E-state index in [-0.39, 0.29) is 5.91 Å². The molecule has 0 aliphatic carbocycles. The van der Waals surface area contributed by atoms with Gasteiger partial charge < -0.3 is 9.88 Å². The van der Waals surface area contributed by atoms with Gasteiger partial charge in [0.05, 0.1) is 20.9 Å². The highest BCUT2D eigenvalue weighted by molar-refractivity contribution is 7.17. The monoisotopic (exact) mass is 324 g/mol. The van der Waals surface area contributed by atoms with E-state index in [0.29, 0.717) is 21.4 Å². The lowest BCUT2D eigenvalue weighted by Gasteiger charge is -2.08. The van der Waals surface area contributed by atoms with E-state index in [4.69, 9.17) is 23.2 Å². The highest BCUT2D eigenvalue weighted by Gasteiger charge is 2.15. The third kappa shape index (κ3) is 2.30. The van der Waals surface area contributed by atoms with Gasteiger partial charge in [-0.3, -0.25) is 4.79 Å². The molecule has 0 aliphatic heterocycles. The minimum atomic E-state index is -0.208. The van der Waals surface area contributed by atoms with Gasteiger partial charge in [-0.05, 0) is 35.7 Å². The standard InChI is InChI=1S/C14H10Cl2N2OS/c1-18-11-4-5-20-13(11)7-12(18)14(19)17-10-6-8(15)2-3-9(10)16/h2-7H,1H3,(H,17,19). The minimum Gasteiger partial charge on any atom is -0.339 e. The quantitative estimate of drug-likeness (QED) is 0.721. The van der Waals surface area contributed by atoms with Crippen LogP contribution in [0.15, 0.2) is 35.7 Å². The topological polar surface area (TPSA) is 34.0 Å². The molecule has 1 amide bonds. The van der Waals surface area contributed by atoms with Crippen LogP contribution in [0.2, 0.25) is 10.0 Å². The molecule has 6 heteroatoms. The van der Waals surface area contributed by atoms with Crippen molar-refractivity contribution in [3.63, 3.8) is 0 Å². The van der Waals surface area contributed by atoms with Crippen LogP contribution in [0.4, 0.5) is 5.69 Å². The van der Waals surface area contributed by atoms with Gasteiger partial charge in [-0.25, -0.2) is 0 Å². The second-order valence-electron chi connectivity index (χ2n) is 4.34. The molecule has 3 rings (SSSR count). The summed E-state index contributed by atoms with van der Waals surface area (Å²) in [6, 6.07) is 8.82. The normalized spacial score (nSPS) is 10.9. The number of carbonyl (C=O) groups is 1. The lowest BCUT2D eigenvalue weighted by atomic mass is 10.3. The molecule has 102 valence electrons. The van der Waals surface area contributed by atoms with Gasteiger partial charge in [0.25, 0.3) is 5.91 Å². The lowest BCUT2D eigenvalue weighted by molar-refractivity contribution is 0.102. The second kappa shape index (κ2) is 5.13. The fourth-order valence-electron chi connectivity index (χ4n) is 2.05. The molecule has 2 aromatic heterocycles. The van der Waals surface area contributed by atoms with E-state index in [2.05, 4.69) is 5.32 Å². The number of fused-ring (bicyclic) bond motifs is 1. The number of amides is 1. The third-order valence-electron chi connectivity index (χ3n) is 3.07. The summed E-state index contributed by atoms with van der Waals surface area (Å²) in [4.78, 5) is 12.3. The Bertz CT molecular complexity index is 807. The molecule has 0 saturated carbocycles. The first-order valence-electron chi connectivity index (χ1n) is 5.85. The van der Waals surface area contributed by atoms with Crippen molar-refractivity contribution in [3.8, 4) is 0 Å². The van der Waals surface area contributed by atoms with Crippen molar-refractivity contribution in [1.82, 2.24) is 4.57 Å². The Labute approximate surface area is 129 Å². The van der Waals surface area contributed by atoms with Crippen LogP contribution in [0.3, 0.4) is 0 Å². The van der Waals surface area contributed by atoms with E-state index < -0.39 is 0 Å². The molecular formula is C14H10Cl2N2OS. The van der Waals surface area contributed by atoms with E-state index in [9.17, 15) is 4.79 Å². The van der Waals surface area contributed by atoms with E-state index in [0.717, 1.165) is 10.2 Å². The number of benzene rings is 1. The summed E-state index contributed by atoms with van der Waals surface area (Å²) < 4.78 is 2.94. The molecule has 1 aromatic carbocycles. The van der Waals surface area contributed by atoms with Gasteiger partial charge in [0, 0.05) is 12.1 Å². The van der Waals surface area contributed by atoms with Gasteiger partial charge in [-0.1, -0.05) is 23.2 Å². The van der Waals surface area contributed by atoms with Crippen LogP contribution in [0.25, 0.3) is 10.2 Å². The Hall–Kier alpha value is -1.49. The predicted molar refractivity (Wildman–Crippen MR) is 85.2 cm³/mol. The van der Waals surface area contributed by atoms with Crippen molar-refractivity contribution >= 4 is 56.3 Å². The number of hydrogen-bond donors (Lipinski definition) is 1. The molecule has 2 heterocycles. The van der Waals surface area contributed by atoms with Crippen molar-refractivity contribution < 1.29 is 4.79 Å². The Morgan fingerprint density at radius 2 is 2.05 bits per heavy atom. The molecule has 0 unspecified atom stereocenters. The summed E-state index contributed by atoms with van der Waals surface area (Å²) >= 11 is 13.6. The smallest absolute Gasteiger partial charge is 0.272 e. The van der Waals surface area contributed by atoms with E-state index >= 15 is 0 Å². The maximum Gasteiger partial charge on any atom is 0.272 e. The van der Waals surface area contributed by atoms with Gasteiger partial charge in [-0.2, -0.15) is 0 Å². The Morgan fingerprint density at radius 3 is 2.80 bits per heavy atom. The zero-order valence-corrected chi connectivity index (χ0v) is 12.8. The van der Waals surface area contributed by atoms with Crippen molar-refractivity contribution in [1.29, 1.82) is 0 Å². The summed E-state index contributed by atoms with van der Waals surface area (Å²) in [5.41, 5.74) is 2.13. The number of rotatable bonds is 2. The summed E-state index contributed by atoms with van der Waals surface area (Å²) in [5, 5.41) is 5.77. The molecule has 0 radical (unpaired) electrons. The summed E-state index contributed by atoms with van der Waals surface area (Å²) in [6.45, 7) is 0. The predicted octanol–water partition coefficient (Wildman–Crippen LogP) is 4.80. The van der Waals surface area contributed by atoms with Crippen LogP contribution < -0.4 is 5.32 Å². The van der Waals surface area contributed by atoms with Gasteiger partial charge >= 0.3 is 0 Å². The number of halogens is 2. The summed E-state index contributed by atoms with van der Waals surface area (Å²) in [6.07, 6.45) is 0. The van der Waals surface area contributed by atoms with Crippen molar-refractivity contribution in [2.45, 2.75) is 0 Å². The fraction of sp³-hybridized carbons (Fsp3) is 0.0714. The van der Waals surface area contributed by atoms with Gasteiger partial charge in [-0.15, -0.1) is 11.3 Å².